The Kier molecular flexibility index (Phi) is 5.04. The smallest absolute Gasteiger partial charge is 0.0966 e. The molecule has 0 radical (unpaired) electrons. The predicted molar refractivity (Wildman–Crippen MR) is 82.1 cm³/mol. The molecule has 20 heavy (non-hydrogen) atoms. The molecule has 0 spiro atoms. The first-order valence-corrected chi connectivity index (χ1v) is 7.83. The molecule has 0 aromatic heterocycles. The first kappa shape index (κ1) is 15.7. The van der Waals surface area contributed by atoms with E-state index >= 15 is 0 Å². The second-order valence-corrected chi connectivity index (χ2v) is 6.86. The zero-order valence-electron chi connectivity index (χ0n) is 13.2. The van der Waals surface area contributed by atoms with Crippen molar-refractivity contribution in [3.8, 4) is 0 Å². The molecule has 0 aromatic carbocycles. The van der Waals surface area contributed by atoms with Gasteiger partial charge < -0.3 is 15.4 Å². The van der Waals surface area contributed by atoms with Gasteiger partial charge in [-0.2, -0.15) is 0 Å². The second kappa shape index (κ2) is 6.41. The van der Waals surface area contributed by atoms with Crippen molar-refractivity contribution in [2.24, 2.45) is 11.1 Å². The van der Waals surface area contributed by atoms with Crippen LogP contribution in [0.2, 0.25) is 0 Å². The largest absolute Gasteiger partial charge is 0.387 e. The molecule has 2 aliphatic heterocycles. The number of morpholine rings is 1. The molecular formula is C15H30N4O. The van der Waals surface area contributed by atoms with E-state index in [0.29, 0.717) is 18.0 Å². The van der Waals surface area contributed by atoms with Crippen molar-refractivity contribution < 1.29 is 4.74 Å². The van der Waals surface area contributed by atoms with E-state index in [1.54, 1.807) is 0 Å². The van der Waals surface area contributed by atoms with Gasteiger partial charge in [-0.15, -0.1) is 0 Å². The third kappa shape index (κ3) is 3.71. The Labute approximate surface area is 122 Å². The Morgan fingerprint density at radius 2 is 2.00 bits per heavy atom. The van der Waals surface area contributed by atoms with E-state index in [2.05, 4.69) is 30.6 Å². The van der Waals surface area contributed by atoms with Crippen molar-refractivity contribution in [3.05, 3.63) is 0 Å². The van der Waals surface area contributed by atoms with E-state index in [1.807, 2.05) is 0 Å². The quantitative estimate of drug-likeness (QED) is 0.599. The molecule has 116 valence electrons. The first-order valence-electron chi connectivity index (χ1n) is 7.83. The van der Waals surface area contributed by atoms with Gasteiger partial charge in [0.2, 0.25) is 0 Å². The number of nitrogens with one attached hydrogen (secondary N) is 1. The Morgan fingerprint density at radius 3 is 2.55 bits per heavy atom. The van der Waals surface area contributed by atoms with Crippen LogP contribution >= 0.6 is 0 Å². The van der Waals surface area contributed by atoms with E-state index < -0.39 is 0 Å². The fourth-order valence-corrected chi connectivity index (χ4v) is 3.11. The number of piperidine rings is 1. The molecule has 0 amide bonds. The molecular weight excluding hydrogens is 252 g/mol. The van der Waals surface area contributed by atoms with Crippen LogP contribution in [0.5, 0.6) is 0 Å². The predicted octanol–water partition coefficient (Wildman–Crippen LogP) is 1.13. The zero-order valence-corrected chi connectivity index (χ0v) is 13.2. The molecule has 2 fully saturated rings. The zero-order chi connectivity index (χ0) is 14.8. The molecule has 1 atom stereocenters. The van der Waals surface area contributed by atoms with Crippen molar-refractivity contribution >= 4 is 5.84 Å². The number of ether oxygens (including phenoxy) is 1. The van der Waals surface area contributed by atoms with Crippen molar-refractivity contribution in [3.63, 3.8) is 0 Å². The molecule has 0 bridgehead atoms. The van der Waals surface area contributed by atoms with Gasteiger partial charge in [-0.25, -0.2) is 0 Å². The van der Waals surface area contributed by atoms with Gasteiger partial charge in [-0.1, -0.05) is 6.92 Å². The van der Waals surface area contributed by atoms with Gasteiger partial charge in [0.05, 0.1) is 18.5 Å². The normalized spacial score (nSPS) is 28.7. The minimum Gasteiger partial charge on any atom is -0.387 e. The van der Waals surface area contributed by atoms with Crippen LogP contribution in [0.1, 0.15) is 33.6 Å². The fraction of sp³-hybridized carbons (Fsp3) is 0.933. The van der Waals surface area contributed by atoms with Crippen molar-refractivity contribution in [1.29, 1.82) is 5.41 Å². The molecule has 0 saturated carbocycles. The highest BCUT2D eigenvalue weighted by molar-refractivity contribution is 5.83. The molecule has 2 saturated heterocycles. The lowest BCUT2D eigenvalue weighted by Gasteiger charge is -2.42. The Bertz CT molecular complexity index is 337. The van der Waals surface area contributed by atoms with Crippen LogP contribution in [0.25, 0.3) is 0 Å². The highest BCUT2D eigenvalue weighted by Crippen LogP contribution is 2.30. The fourth-order valence-electron chi connectivity index (χ4n) is 3.11. The van der Waals surface area contributed by atoms with Gasteiger partial charge in [0.15, 0.2) is 0 Å². The van der Waals surface area contributed by atoms with Crippen molar-refractivity contribution in [2.45, 2.75) is 45.8 Å². The summed E-state index contributed by atoms with van der Waals surface area (Å²) >= 11 is 0. The van der Waals surface area contributed by atoms with Crippen molar-refractivity contribution in [1.82, 2.24) is 9.80 Å². The van der Waals surface area contributed by atoms with Crippen LogP contribution in [0.15, 0.2) is 0 Å². The maximum absolute atomic E-state index is 7.71. The van der Waals surface area contributed by atoms with Gasteiger partial charge >= 0.3 is 0 Å². The molecule has 0 aliphatic carbocycles. The van der Waals surface area contributed by atoms with Crippen LogP contribution in [-0.4, -0.2) is 67.1 Å². The highest BCUT2D eigenvalue weighted by Gasteiger charge is 2.34. The van der Waals surface area contributed by atoms with E-state index in [9.17, 15) is 0 Å². The maximum atomic E-state index is 7.71. The standard InChI is InChI=1S/C15H30N4O/c1-12(2)19-8-9-20-13(11-19)10-18-6-4-15(3,5-7-18)14(16)17/h12-13H,4-11H2,1-3H3,(H3,16,17). The summed E-state index contributed by atoms with van der Waals surface area (Å²) in [5, 5.41) is 7.71. The summed E-state index contributed by atoms with van der Waals surface area (Å²) in [6, 6.07) is 0.601. The van der Waals surface area contributed by atoms with Crippen molar-refractivity contribution in [2.75, 3.05) is 39.3 Å². The van der Waals surface area contributed by atoms with Crippen LogP contribution in [-0.2, 0) is 4.74 Å². The number of hydrogen-bond donors (Lipinski definition) is 2. The van der Waals surface area contributed by atoms with Gasteiger partial charge in [-0.05, 0) is 39.8 Å². The molecule has 2 rings (SSSR count). The average Bonchev–Trinajstić information content (AvgIpc) is 2.42. The van der Waals surface area contributed by atoms with Gasteiger partial charge in [-0.3, -0.25) is 10.3 Å². The van der Waals surface area contributed by atoms with Crippen LogP contribution < -0.4 is 5.73 Å². The summed E-state index contributed by atoms with van der Waals surface area (Å²) in [5.41, 5.74) is 5.63. The Hall–Kier alpha value is -0.650. The molecule has 2 heterocycles. The molecule has 1 unspecified atom stereocenters. The van der Waals surface area contributed by atoms with E-state index in [1.165, 1.54) is 0 Å². The highest BCUT2D eigenvalue weighted by atomic mass is 16.5. The summed E-state index contributed by atoms with van der Waals surface area (Å²) in [6.07, 6.45) is 2.30. The number of nitrogens with two attached hydrogens (primary N) is 1. The number of likely N-dealkylation sites (tertiary alicyclic amines) is 1. The summed E-state index contributed by atoms with van der Waals surface area (Å²) in [5.74, 6) is 0.344. The topological polar surface area (TPSA) is 65.6 Å². The number of amidine groups is 1. The lowest BCUT2D eigenvalue weighted by molar-refractivity contribution is -0.0559. The minimum absolute atomic E-state index is 0.0894. The van der Waals surface area contributed by atoms with Gasteiger partial charge in [0.1, 0.15) is 0 Å². The monoisotopic (exact) mass is 282 g/mol. The molecule has 0 aromatic rings. The van der Waals surface area contributed by atoms with Crippen LogP contribution in [0.3, 0.4) is 0 Å². The van der Waals surface area contributed by atoms with E-state index in [4.69, 9.17) is 15.9 Å². The van der Waals surface area contributed by atoms with Crippen LogP contribution in [0, 0.1) is 10.8 Å². The van der Waals surface area contributed by atoms with Gasteiger partial charge in [0, 0.05) is 31.1 Å². The number of rotatable bonds is 4. The Morgan fingerprint density at radius 1 is 1.35 bits per heavy atom. The molecule has 2 aliphatic rings. The third-order valence-corrected chi connectivity index (χ3v) is 4.97. The Balaban J connectivity index is 1.79. The lowest BCUT2D eigenvalue weighted by atomic mass is 9.79. The maximum Gasteiger partial charge on any atom is 0.0966 e. The number of nitrogens with zero attached hydrogens (tertiary/aromatic N) is 2. The number of hydrogen-bond acceptors (Lipinski definition) is 4. The van der Waals surface area contributed by atoms with E-state index in [0.717, 1.165) is 52.2 Å². The summed E-state index contributed by atoms with van der Waals surface area (Å²) in [6.45, 7) is 12.6. The molecule has 5 heteroatoms. The molecule has 3 N–H and O–H groups in total. The summed E-state index contributed by atoms with van der Waals surface area (Å²) in [7, 11) is 0. The lowest BCUT2D eigenvalue weighted by Crippen LogP contribution is -2.52. The van der Waals surface area contributed by atoms with E-state index in [-0.39, 0.29) is 5.41 Å². The summed E-state index contributed by atoms with van der Waals surface area (Å²) < 4.78 is 5.91. The second-order valence-electron chi connectivity index (χ2n) is 6.86. The minimum atomic E-state index is -0.0894. The summed E-state index contributed by atoms with van der Waals surface area (Å²) in [4.78, 5) is 4.97. The third-order valence-electron chi connectivity index (χ3n) is 4.97. The van der Waals surface area contributed by atoms with Crippen LogP contribution in [0.4, 0.5) is 0 Å². The average molecular weight is 282 g/mol. The SMILES string of the molecule is CC(C)N1CCOC(CN2CCC(C)(C(=N)N)CC2)C1. The first-order chi connectivity index (χ1) is 9.40. The molecule has 5 nitrogen and oxygen atoms in total. The van der Waals surface area contributed by atoms with Gasteiger partial charge in [0.25, 0.3) is 0 Å².